The fraction of sp³-hybridized carbons (Fsp3) is 0.538. The lowest BCUT2D eigenvalue weighted by atomic mass is 10.0. The lowest BCUT2D eigenvalue weighted by molar-refractivity contribution is 0.112. The molecule has 0 amide bonds. The standard InChI is InChI=1S/C13H15NO2S/c1-2-10-9(7-15)12-13(17-10)11(14-16-12)8-5-3-4-6-8/h7-8H,2-6H2,1H3. The van der Waals surface area contributed by atoms with Crippen molar-refractivity contribution in [2.24, 2.45) is 0 Å². The Hall–Kier alpha value is -1.16. The molecule has 0 radical (unpaired) electrons. The van der Waals surface area contributed by atoms with Crippen LogP contribution in [0.25, 0.3) is 10.3 Å². The van der Waals surface area contributed by atoms with Crippen LogP contribution in [-0.4, -0.2) is 11.4 Å². The predicted octanol–water partition coefficient (Wildman–Crippen LogP) is 3.92. The Labute approximate surface area is 104 Å². The van der Waals surface area contributed by atoms with E-state index in [-0.39, 0.29) is 0 Å². The highest BCUT2D eigenvalue weighted by molar-refractivity contribution is 7.19. The molecule has 0 atom stereocenters. The smallest absolute Gasteiger partial charge is 0.188 e. The van der Waals surface area contributed by atoms with Crippen molar-refractivity contribution in [1.29, 1.82) is 0 Å². The average molecular weight is 249 g/mol. The molecule has 0 bridgehead atoms. The van der Waals surface area contributed by atoms with Gasteiger partial charge >= 0.3 is 0 Å². The third-order valence-corrected chi connectivity index (χ3v) is 4.98. The molecule has 0 aliphatic heterocycles. The zero-order valence-electron chi connectivity index (χ0n) is 9.86. The molecule has 1 aliphatic rings. The van der Waals surface area contributed by atoms with Crippen LogP contribution in [0.15, 0.2) is 4.52 Å². The molecule has 4 heteroatoms. The van der Waals surface area contributed by atoms with Crippen LogP contribution in [0, 0.1) is 0 Å². The van der Waals surface area contributed by atoms with E-state index in [4.69, 9.17) is 4.52 Å². The highest BCUT2D eigenvalue weighted by Gasteiger charge is 2.26. The van der Waals surface area contributed by atoms with Gasteiger partial charge in [-0.1, -0.05) is 24.9 Å². The lowest BCUT2D eigenvalue weighted by Crippen LogP contribution is -1.91. The molecule has 0 unspecified atom stereocenters. The number of nitrogens with zero attached hydrogens (tertiary/aromatic N) is 1. The van der Waals surface area contributed by atoms with Crippen molar-refractivity contribution in [3.63, 3.8) is 0 Å². The number of carbonyl (C=O) groups excluding carboxylic acids is 1. The van der Waals surface area contributed by atoms with Crippen LogP contribution in [0.2, 0.25) is 0 Å². The van der Waals surface area contributed by atoms with E-state index in [0.717, 1.165) is 28.0 Å². The number of carbonyl (C=O) groups is 1. The van der Waals surface area contributed by atoms with Gasteiger partial charge in [0.2, 0.25) is 0 Å². The number of rotatable bonds is 3. The van der Waals surface area contributed by atoms with Crippen molar-refractivity contribution < 1.29 is 9.32 Å². The van der Waals surface area contributed by atoms with E-state index >= 15 is 0 Å². The van der Waals surface area contributed by atoms with Crippen LogP contribution < -0.4 is 0 Å². The van der Waals surface area contributed by atoms with Crippen molar-refractivity contribution in [3.05, 3.63) is 16.1 Å². The zero-order valence-corrected chi connectivity index (χ0v) is 10.7. The van der Waals surface area contributed by atoms with Crippen LogP contribution in [0.1, 0.15) is 59.5 Å². The van der Waals surface area contributed by atoms with E-state index in [1.807, 2.05) is 0 Å². The van der Waals surface area contributed by atoms with E-state index in [2.05, 4.69) is 12.1 Å². The Morgan fingerprint density at radius 1 is 1.47 bits per heavy atom. The van der Waals surface area contributed by atoms with E-state index in [1.165, 1.54) is 25.7 Å². The second-order valence-electron chi connectivity index (χ2n) is 4.62. The molecule has 3 nitrogen and oxygen atoms in total. The number of hydrogen-bond donors (Lipinski definition) is 0. The van der Waals surface area contributed by atoms with Crippen molar-refractivity contribution in [2.45, 2.75) is 44.9 Å². The third-order valence-electron chi connectivity index (χ3n) is 3.63. The number of aryl methyl sites for hydroxylation is 1. The Morgan fingerprint density at radius 2 is 2.24 bits per heavy atom. The van der Waals surface area contributed by atoms with Gasteiger partial charge in [-0.25, -0.2) is 0 Å². The molecule has 2 aromatic heterocycles. The van der Waals surface area contributed by atoms with Crippen molar-refractivity contribution in [2.75, 3.05) is 0 Å². The second kappa shape index (κ2) is 4.26. The summed E-state index contributed by atoms with van der Waals surface area (Å²) in [5.74, 6) is 0.541. The first-order valence-electron chi connectivity index (χ1n) is 6.21. The maximum absolute atomic E-state index is 11.1. The van der Waals surface area contributed by atoms with Gasteiger partial charge in [0.15, 0.2) is 11.9 Å². The number of fused-ring (bicyclic) bond motifs is 1. The van der Waals surface area contributed by atoms with Gasteiger partial charge in [-0.2, -0.15) is 0 Å². The Bertz CT molecular complexity index is 549. The summed E-state index contributed by atoms with van der Waals surface area (Å²) >= 11 is 1.68. The second-order valence-corrected chi connectivity index (χ2v) is 5.72. The van der Waals surface area contributed by atoms with Crippen molar-refractivity contribution in [3.8, 4) is 0 Å². The van der Waals surface area contributed by atoms with Gasteiger partial charge in [0.05, 0.1) is 10.3 Å². The zero-order chi connectivity index (χ0) is 11.8. The van der Waals surface area contributed by atoms with Gasteiger partial charge in [0, 0.05) is 10.8 Å². The lowest BCUT2D eigenvalue weighted by Gasteiger charge is -2.02. The molecule has 1 saturated carbocycles. The number of thiophene rings is 1. The van der Waals surface area contributed by atoms with E-state index in [0.29, 0.717) is 17.1 Å². The van der Waals surface area contributed by atoms with Gasteiger partial charge in [-0.15, -0.1) is 11.3 Å². The summed E-state index contributed by atoms with van der Waals surface area (Å²) in [4.78, 5) is 12.2. The minimum absolute atomic E-state index is 0.541. The summed E-state index contributed by atoms with van der Waals surface area (Å²) in [6, 6.07) is 0. The number of aromatic nitrogens is 1. The minimum Gasteiger partial charge on any atom is -0.354 e. The normalized spacial score (nSPS) is 17.0. The Balaban J connectivity index is 2.14. The summed E-state index contributed by atoms with van der Waals surface area (Å²) in [5.41, 5.74) is 2.51. The van der Waals surface area contributed by atoms with Gasteiger partial charge in [-0.05, 0) is 19.3 Å². The monoisotopic (exact) mass is 249 g/mol. The van der Waals surface area contributed by atoms with Crippen LogP contribution in [-0.2, 0) is 6.42 Å². The molecule has 0 N–H and O–H groups in total. The Morgan fingerprint density at radius 3 is 2.88 bits per heavy atom. The van der Waals surface area contributed by atoms with Crippen LogP contribution in [0.5, 0.6) is 0 Å². The van der Waals surface area contributed by atoms with Crippen molar-refractivity contribution in [1.82, 2.24) is 5.16 Å². The van der Waals surface area contributed by atoms with Crippen LogP contribution in [0.3, 0.4) is 0 Å². The topological polar surface area (TPSA) is 43.1 Å². The fourth-order valence-corrected chi connectivity index (χ4v) is 3.90. The van der Waals surface area contributed by atoms with Crippen LogP contribution in [0.4, 0.5) is 0 Å². The Kier molecular flexibility index (Phi) is 2.74. The molecule has 90 valence electrons. The summed E-state index contributed by atoms with van der Waals surface area (Å²) in [6.45, 7) is 2.07. The number of aldehydes is 1. The molecule has 1 aliphatic carbocycles. The highest BCUT2D eigenvalue weighted by Crippen LogP contribution is 2.41. The summed E-state index contributed by atoms with van der Waals surface area (Å²) < 4.78 is 6.50. The average Bonchev–Trinajstić information content (AvgIpc) is 3.03. The third kappa shape index (κ3) is 1.62. The molecule has 2 heterocycles. The van der Waals surface area contributed by atoms with E-state index in [1.54, 1.807) is 11.3 Å². The molecular formula is C13H15NO2S. The molecule has 3 rings (SSSR count). The number of hydrogen-bond acceptors (Lipinski definition) is 4. The van der Waals surface area contributed by atoms with E-state index in [9.17, 15) is 4.79 Å². The molecule has 2 aromatic rings. The largest absolute Gasteiger partial charge is 0.354 e. The summed E-state index contributed by atoms with van der Waals surface area (Å²) in [5, 5.41) is 4.20. The molecular weight excluding hydrogens is 234 g/mol. The first kappa shape index (κ1) is 11.0. The van der Waals surface area contributed by atoms with Gasteiger partial charge < -0.3 is 4.52 Å². The predicted molar refractivity (Wildman–Crippen MR) is 67.9 cm³/mol. The molecule has 0 aromatic carbocycles. The van der Waals surface area contributed by atoms with E-state index < -0.39 is 0 Å². The quantitative estimate of drug-likeness (QED) is 0.774. The molecule has 0 spiro atoms. The van der Waals surface area contributed by atoms with Gasteiger partial charge in [0.1, 0.15) is 5.69 Å². The first-order chi connectivity index (χ1) is 8.35. The van der Waals surface area contributed by atoms with Crippen LogP contribution >= 0.6 is 11.3 Å². The van der Waals surface area contributed by atoms with Gasteiger partial charge in [0.25, 0.3) is 0 Å². The molecule has 1 fully saturated rings. The first-order valence-corrected chi connectivity index (χ1v) is 7.03. The van der Waals surface area contributed by atoms with Gasteiger partial charge in [-0.3, -0.25) is 4.79 Å². The fourth-order valence-electron chi connectivity index (χ4n) is 2.71. The maximum atomic E-state index is 11.1. The highest BCUT2D eigenvalue weighted by atomic mass is 32.1. The summed E-state index contributed by atoms with van der Waals surface area (Å²) in [6.07, 6.45) is 6.76. The maximum Gasteiger partial charge on any atom is 0.188 e. The SMILES string of the molecule is CCc1sc2c(C3CCCC3)noc2c1C=O. The van der Waals surface area contributed by atoms with Crippen molar-refractivity contribution >= 4 is 27.9 Å². The summed E-state index contributed by atoms with van der Waals surface area (Å²) in [7, 11) is 0. The minimum atomic E-state index is 0.541. The molecule has 0 saturated heterocycles. The molecule has 17 heavy (non-hydrogen) atoms.